The van der Waals surface area contributed by atoms with Crippen molar-refractivity contribution in [3.8, 4) is 0 Å². The summed E-state index contributed by atoms with van der Waals surface area (Å²) in [5.41, 5.74) is 3.63. The molecule has 0 aliphatic heterocycles. The van der Waals surface area contributed by atoms with E-state index in [0.29, 0.717) is 5.15 Å². The SMILES string of the molecule is CCCc1nc(Cl)c(C)c(SCc2ccccc2C)n1. The van der Waals surface area contributed by atoms with Gasteiger partial charge in [0.1, 0.15) is 16.0 Å². The molecule has 0 amide bonds. The number of halogens is 1. The second-order valence-electron chi connectivity index (χ2n) is 4.83. The van der Waals surface area contributed by atoms with Crippen LogP contribution in [0.25, 0.3) is 0 Å². The fourth-order valence-electron chi connectivity index (χ4n) is 1.91. The van der Waals surface area contributed by atoms with Crippen molar-refractivity contribution in [2.24, 2.45) is 0 Å². The normalized spacial score (nSPS) is 10.8. The molecule has 0 N–H and O–H groups in total. The van der Waals surface area contributed by atoms with Crippen LogP contribution in [-0.4, -0.2) is 9.97 Å². The molecule has 0 spiro atoms. The smallest absolute Gasteiger partial charge is 0.136 e. The summed E-state index contributed by atoms with van der Waals surface area (Å²) in [5, 5.41) is 1.58. The van der Waals surface area contributed by atoms with Crippen molar-refractivity contribution in [1.82, 2.24) is 9.97 Å². The van der Waals surface area contributed by atoms with E-state index in [2.05, 4.69) is 48.1 Å². The molecule has 20 heavy (non-hydrogen) atoms. The van der Waals surface area contributed by atoms with E-state index < -0.39 is 0 Å². The predicted octanol–water partition coefficient (Wildman–Crippen LogP) is 4.99. The predicted molar refractivity (Wildman–Crippen MR) is 86.5 cm³/mol. The van der Waals surface area contributed by atoms with Crippen molar-refractivity contribution in [1.29, 1.82) is 0 Å². The zero-order valence-corrected chi connectivity index (χ0v) is 13.7. The molecule has 0 unspecified atom stereocenters. The number of rotatable bonds is 5. The van der Waals surface area contributed by atoms with Crippen LogP contribution in [0.3, 0.4) is 0 Å². The Labute approximate surface area is 130 Å². The van der Waals surface area contributed by atoms with Crippen LogP contribution >= 0.6 is 23.4 Å². The summed E-state index contributed by atoms with van der Waals surface area (Å²) < 4.78 is 0. The van der Waals surface area contributed by atoms with Gasteiger partial charge in [0.2, 0.25) is 0 Å². The van der Waals surface area contributed by atoms with Crippen LogP contribution in [0, 0.1) is 13.8 Å². The number of aromatic nitrogens is 2. The summed E-state index contributed by atoms with van der Waals surface area (Å²) in [6, 6.07) is 8.44. The van der Waals surface area contributed by atoms with Crippen LogP contribution < -0.4 is 0 Å². The van der Waals surface area contributed by atoms with Crippen LogP contribution in [0.15, 0.2) is 29.3 Å². The Morgan fingerprint density at radius 2 is 1.90 bits per heavy atom. The highest BCUT2D eigenvalue weighted by atomic mass is 35.5. The van der Waals surface area contributed by atoms with E-state index in [0.717, 1.165) is 35.0 Å². The minimum absolute atomic E-state index is 0.579. The number of hydrogen-bond acceptors (Lipinski definition) is 3. The summed E-state index contributed by atoms with van der Waals surface area (Å²) in [4.78, 5) is 8.97. The largest absolute Gasteiger partial charge is 0.226 e. The van der Waals surface area contributed by atoms with Gasteiger partial charge < -0.3 is 0 Å². The number of thioether (sulfide) groups is 1. The van der Waals surface area contributed by atoms with E-state index in [1.165, 1.54) is 11.1 Å². The highest BCUT2D eigenvalue weighted by molar-refractivity contribution is 7.98. The van der Waals surface area contributed by atoms with E-state index in [9.17, 15) is 0 Å². The maximum Gasteiger partial charge on any atom is 0.136 e. The molecule has 0 aliphatic carbocycles. The summed E-state index contributed by atoms with van der Waals surface area (Å²) in [7, 11) is 0. The van der Waals surface area contributed by atoms with Gasteiger partial charge in [0.15, 0.2) is 0 Å². The Bertz CT molecular complexity index is 599. The average molecular weight is 307 g/mol. The second-order valence-corrected chi connectivity index (χ2v) is 6.15. The van der Waals surface area contributed by atoms with Crippen LogP contribution in [-0.2, 0) is 12.2 Å². The molecule has 0 saturated heterocycles. The Balaban J connectivity index is 2.18. The summed E-state index contributed by atoms with van der Waals surface area (Å²) in [6.45, 7) is 6.24. The Kier molecular flexibility index (Phi) is 5.44. The molecule has 2 rings (SSSR count). The first-order chi connectivity index (χ1) is 9.61. The summed E-state index contributed by atoms with van der Waals surface area (Å²) in [6.07, 6.45) is 1.90. The van der Waals surface area contributed by atoms with Gasteiger partial charge in [0.05, 0.1) is 0 Å². The molecular formula is C16H19ClN2S. The highest BCUT2D eigenvalue weighted by Crippen LogP contribution is 2.28. The minimum Gasteiger partial charge on any atom is -0.226 e. The lowest BCUT2D eigenvalue weighted by atomic mass is 10.1. The molecule has 2 nitrogen and oxygen atoms in total. The van der Waals surface area contributed by atoms with E-state index in [1.807, 2.05) is 6.92 Å². The van der Waals surface area contributed by atoms with Crippen molar-refractivity contribution in [2.45, 2.75) is 44.4 Å². The van der Waals surface area contributed by atoms with E-state index in [1.54, 1.807) is 11.8 Å². The molecular weight excluding hydrogens is 288 g/mol. The molecule has 0 saturated carbocycles. The van der Waals surface area contributed by atoms with Crippen molar-refractivity contribution in [3.63, 3.8) is 0 Å². The van der Waals surface area contributed by atoms with Crippen LogP contribution in [0.4, 0.5) is 0 Å². The van der Waals surface area contributed by atoms with Gasteiger partial charge in [-0.25, -0.2) is 9.97 Å². The zero-order chi connectivity index (χ0) is 14.5. The number of benzene rings is 1. The van der Waals surface area contributed by atoms with Gasteiger partial charge in [-0.2, -0.15) is 0 Å². The minimum atomic E-state index is 0.579. The third kappa shape index (κ3) is 3.74. The average Bonchev–Trinajstić information content (AvgIpc) is 2.43. The van der Waals surface area contributed by atoms with Gasteiger partial charge in [-0.3, -0.25) is 0 Å². The molecule has 1 aromatic heterocycles. The molecule has 0 fully saturated rings. The van der Waals surface area contributed by atoms with Crippen molar-refractivity contribution < 1.29 is 0 Å². The third-order valence-electron chi connectivity index (χ3n) is 3.19. The lowest BCUT2D eigenvalue weighted by Gasteiger charge is -2.09. The molecule has 0 radical (unpaired) electrons. The van der Waals surface area contributed by atoms with Gasteiger partial charge in [0, 0.05) is 17.7 Å². The maximum atomic E-state index is 6.20. The fourth-order valence-corrected chi connectivity index (χ4v) is 3.25. The Hall–Kier alpha value is -1.06. The number of nitrogens with zero attached hydrogens (tertiary/aromatic N) is 2. The van der Waals surface area contributed by atoms with Crippen LogP contribution in [0.2, 0.25) is 5.15 Å². The van der Waals surface area contributed by atoms with E-state index >= 15 is 0 Å². The van der Waals surface area contributed by atoms with E-state index in [-0.39, 0.29) is 0 Å². The number of aryl methyl sites for hydroxylation is 2. The molecule has 0 aliphatic rings. The van der Waals surface area contributed by atoms with Crippen LogP contribution in [0.5, 0.6) is 0 Å². The quantitative estimate of drug-likeness (QED) is 0.575. The molecule has 0 atom stereocenters. The van der Waals surface area contributed by atoms with Crippen molar-refractivity contribution >= 4 is 23.4 Å². The zero-order valence-electron chi connectivity index (χ0n) is 12.1. The monoisotopic (exact) mass is 306 g/mol. The third-order valence-corrected chi connectivity index (χ3v) is 4.68. The molecule has 2 aromatic rings. The molecule has 1 heterocycles. The summed E-state index contributed by atoms with van der Waals surface area (Å²) in [5.74, 6) is 1.75. The molecule has 106 valence electrons. The second kappa shape index (κ2) is 7.09. The molecule has 0 bridgehead atoms. The van der Waals surface area contributed by atoms with Crippen LogP contribution in [0.1, 0.15) is 35.9 Å². The lowest BCUT2D eigenvalue weighted by molar-refractivity contribution is 0.801. The van der Waals surface area contributed by atoms with Gasteiger partial charge in [-0.05, 0) is 31.4 Å². The molecule has 1 aromatic carbocycles. The van der Waals surface area contributed by atoms with E-state index in [4.69, 9.17) is 11.6 Å². The van der Waals surface area contributed by atoms with Gasteiger partial charge in [-0.1, -0.05) is 42.8 Å². The lowest BCUT2D eigenvalue weighted by Crippen LogP contribution is -2.00. The van der Waals surface area contributed by atoms with Gasteiger partial charge in [-0.15, -0.1) is 11.8 Å². The van der Waals surface area contributed by atoms with Crippen molar-refractivity contribution in [3.05, 3.63) is 51.9 Å². The fraction of sp³-hybridized carbons (Fsp3) is 0.375. The highest BCUT2D eigenvalue weighted by Gasteiger charge is 2.10. The summed E-state index contributed by atoms with van der Waals surface area (Å²) >= 11 is 7.94. The number of hydrogen-bond donors (Lipinski definition) is 0. The Morgan fingerprint density at radius 3 is 2.60 bits per heavy atom. The van der Waals surface area contributed by atoms with Gasteiger partial charge in [0.25, 0.3) is 0 Å². The first-order valence-electron chi connectivity index (χ1n) is 6.82. The molecule has 4 heteroatoms. The maximum absolute atomic E-state index is 6.20. The first-order valence-corrected chi connectivity index (χ1v) is 8.18. The van der Waals surface area contributed by atoms with Crippen molar-refractivity contribution in [2.75, 3.05) is 0 Å². The topological polar surface area (TPSA) is 25.8 Å². The standard InChI is InChI=1S/C16H19ClN2S/c1-4-7-14-18-15(17)12(3)16(19-14)20-10-13-9-6-5-8-11(13)2/h5-6,8-9H,4,7,10H2,1-3H3. The van der Waals surface area contributed by atoms with Gasteiger partial charge >= 0.3 is 0 Å². The first kappa shape index (κ1) is 15.3. The Morgan fingerprint density at radius 1 is 1.15 bits per heavy atom.